The highest BCUT2D eigenvalue weighted by Gasteiger charge is 2.19. The fraction of sp³-hybridized carbons (Fsp3) is 0.143. The molecule has 0 fully saturated rings. The van der Waals surface area contributed by atoms with Crippen molar-refractivity contribution in [1.82, 2.24) is 24.3 Å². The monoisotopic (exact) mass is 460 g/mol. The quantitative estimate of drug-likeness (QED) is 0.417. The Morgan fingerprint density at radius 1 is 0.971 bits per heavy atom. The van der Waals surface area contributed by atoms with Crippen LogP contribution in [0.2, 0.25) is 0 Å². The molecule has 2 aromatic carbocycles. The normalized spacial score (nSPS) is 13.9. The number of amides is 1. The Morgan fingerprint density at radius 2 is 1.80 bits per heavy atom. The van der Waals surface area contributed by atoms with E-state index in [2.05, 4.69) is 46.4 Å². The lowest BCUT2D eigenvalue weighted by Gasteiger charge is -2.24. The standard InChI is InChI=1S/C28H24N6O/c1-18(35)33-13-11-21(12-14-33)28-30-16-26-27(29)32-25(17-34(26)28)22-8-7-20-9-10-23(31-24(20)15-22)19-5-3-2-4-6-19/h2-11,15-17H,12-14H2,1H3,(H2,29,32). The summed E-state index contributed by atoms with van der Waals surface area (Å²) in [6, 6.07) is 20.4. The Morgan fingerprint density at radius 3 is 2.57 bits per heavy atom. The van der Waals surface area contributed by atoms with Crippen molar-refractivity contribution in [3.8, 4) is 22.5 Å². The molecule has 172 valence electrons. The summed E-state index contributed by atoms with van der Waals surface area (Å²) in [5.74, 6) is 1.35. The molecule has 5 aromatic rings. The summed E-state index contributed by atoms with van der Waals surface area (Å²) in [7, 11) is 0. The molecular weight excluding hydrogens is 436 g/mol. The molecule has 0 atom stereocenters. The van der Waals surface area contributed by atoms with Gasteiger partial charge in [0, 0.05) is 42.7 Å². The fourth-order valence-electron chi connectivity index (χ4n) is 4.60. The van der Waals surface area contributed by atoms with Crippen molar-refractivity contribution in [3.05, 3.63) is 85.0 Å². The Kier molecular flexibility index (Phi) is 5.03. The molecule has 4 heterocycles. The lowest BCUT2D eigenvalue weighted by atomic mass is 10.1. The van der Waals surface area contributed by atoms with E-state index in [0.717, 1.165) is 56.8 Å². The molecule has 2 N–H and O–H groups in total. The van der Waals surface area contributed by atoms with Gasteiger partial charge in [0.15, 0.2) is 0 Å². The van der Waals surface area contributed by atoms with Crippen LogP contribution in [0, 0.1) is 0 Å². The van der Waals surface area contributed by atoms with Crippen LogP contribution in [0.5, 0.6) is 0 Å². The lowest BCUT2D eigenvalue weighted by Crippen LogP contribution is -2.32. The van der Waals surface area contributed by atoms with Crippen molar-refractivity contribution < 1.29 is 4.79 Å². The first-order valence-electron chi connectivity index (χ1n) is 11.6. The molecule has 7 heteroatoms. The molecule has 0 bridgehead atoms. The van der Waals surface area contributed by atoms with Gasteiger partial charge in [-0.2, -0.15) is 0 Å². The molecule has 0 unspecified atom stereocenters. The minimum absolute atomic E-state index is 0.0874. The summed E-state index contributed by atoms with van der Waals surface area (Å²) in [5.41, 5.74) is 12.8. The number of carbonyl (C=O) groups excluding carboxylic acids is 1. The van der Waals surface area contributed by atoms with Crippen LogP contribution >= 0.6 is 0 Å². The summed E-state index contributed by atoms with van der Waals surface area (Å²) in [5, 5.41) is 1.06. The number of anilines is 1. The number of benzene rings is 2. The molecule has 1 aliphatic heterocycles. The van der Waals surface area contributed by atoms with E-state index in [1.54, 1.807) is 13.1 Å². The van der Waals surface area contributed by atoms with E-state index in [4.69, 9.17) is 10.7 Å². The largest absolute Gasteiger partial charge is 0.382 e. The van der Waals surface area contributed by atoms with Gasteiger partial charge in [0.2, 0.25) is 5.91 Å². The minimum Gasteiger partial charge on any atom is -0.382 e. The average molecular weight is 461 g/mol. The van der Waals surface area contributed by atoms with Crippen molar-refractivity contribution in [1.29, 1.82) is 0 Å². The van der Waals surface area contributed by atoms with E-state index in [1.165, 1.54) is 0 Å². The first-order valence-corrected chi connectivity index (χ1v) is 11.6. The number of nitrogen functional groups attached to an aromatic ring is 1. The molecule has 0 aliphatic carbocycles. The average Bonchev–Trinajstić information content (AvgIpc) is 3.33. The Balaban J connectivity index is 1.42. The van der Waals surface area contributed by atoms with Crippen LogP contribution in [0.1, 0.15) is 19.2 Å². The number of aromatic nitrogens is 4. The number of hydrogen-bond donors (Lipinski definition) is 1. The number of hydrogen-bond acceptors (Lipinski definition) is 5. The molecule has 0 radical (unpaired) electrons. The van der Waals surface area contributed by atoms with Gasteiger partial charge in [-0.15, -0.1) is 0 Å². The van der Waals surface area contributed by atoms with E-state index in [0.29, 0.717) is 18.9 Å². The second kappa shape index (κ2) is 8.36. The first kappa shape index (κ1) is 21.0. The van der Waals surface area contributed by atoms with Gasteiger partial charge in [0.05, 0.1) is 23.1 Å². The molecule has 3 aromatic heterocycles. The predicted octanol–water partition coefficient (Wildman–Crippen LogP) is 4.83. The molecular formula is C28H24N6O. The SMILES string of the molecule is CC(=O)N1CC=C(c2ncc3c(N)nc(-c4ccc5ccc(-c6ccccc6)nc5c4)cn23)CC1. The van der Waals surface area contributed by atoms with Gasteiger partial charge in [-0.1, -0.05) is 54.6 Å². The number of rotatable bonds is 3. The van der Waals surface area contributed by atoms with Crippen molar-refractivity contribution >= 4 is 33.7 Å². The van der Waals surface area contributed by atoms with Crippen LogP contribution < -0.4 is 5.73 Å². The van der Waals surface area contributed by atoms with Gasteiger partial charge in [0.25, 0.3) is 0 Å². The van der Waals surface area contributed by atoms with Gasteiger partial charge < -0.3 is 10.6 Å². The summed E-state index contributed by atoms with van der Waals surface area (Å²) < 4.78 is 2.00. The molecule has 35 heavy (non-hydrogen) atoms. The highest BCUT2D eigenvalue weighted by atomic mass is 16.2. The summed E-state index contributed by atoms with van der Waals surface area (Å²) in [4.78, 5) is 27.7. The van der Waals surface area contributed by atoms with E-state index < -0.39 is 0 Å². The molecule has 1 aliphatic rings. The molecule has 1 amide bonds. The van der Waals surface area contributed by atoms with Crippen LogP contribution in [0.3, 0.4) is 0 Å². The maximum absolute atomic E-state index is 11.7. The Bertz CT molecular complexity index is 1620. The number of fused-ring (bicyclic) bond motifs is 2. The van der Waals surface area contributed by atoms with Gasteiger partial charge in [-0.3, -0.25) is 9.20 Å². The van der Waals surface area contributed by atoms with Crippen LogP contribution in [0.4, 0.5) is 5.82 Å². The van der Waals surface area contributed by atoms with Gasteiger partial charge in [-0.25, -0.2) is 15.0 Å². The predicted molar refractivity (Wildman–Crippen MR) is 138 cm³/mol. The fourth-order valence-corrected chi connectivity index (χ4v) is 4.60. The van der Waals surface area contributed by atoms with Gasteiger partial charge in [0.1, 0.15) is 17.2 Å². The Hall–Kier alpha value is -4.52. The highest BCUT2D eigenvalue weighted by molar-refractivity contribution is 5.86. The van der Waals surface area contributed by atoms with Crippen LogP contribution in [0.25, 0.3) is 44.5 Å². The maximum Gasteiger partial charge on any atom is 0.219 e. The third-order valence-electron chi connectivity index (χ3n) is 6.55. The zero-order valence-electron chi connectivity index (χ0n) is 19.3. The lowest BCUT2D eigenvalue weighted by molar-refractivity contribution is -0.128. The van der Waals surface area contributed by atoms with Crippen molar-refractivity contribution in [3.63, 3.8) is 0 Å². The van der Waals surface area contributed by atoms with Gasteiger partial charge >= 0.3 is 0 Å². The van der Waals surface area contributed by atoms with E-state index in [-0.39, 0.29) is 5.91 Å². The summed E-state index contributed by atoms with van der Waals surface area (Å²) in [6.45, 7) is 2.88. The topological polar surface area (TPSA) is 89.4 Å². The molecule has 7 nitrogen and oxygen atoms in total. The van der Waals surface area contributed by atoms with Crippen molar-refractivity contribution in [2.75, 3.05) is 18.8 Å². The zero-order valence-corrected chi connectivity index (χ0v) is 19.3. The molecule has 6 rings (SSSR count). The maximum atomic E-state index is 11.7. The van der Waals surface area contributed by atoms with Crippen molar-refractivity contribution in [2.24, 2.45) is 0 Å². The van der Waals surface area contributed by atoms with E-state index in [1.807, 2.05) is 45.8 Å². The highest BCUT2D eigenvalue weighted by Crippen LogP contribution is 2.29. The number of carbonyl (C=O) groups is 1. The molecule has 0 saturated carbocycles. The number of imidazole rings is 1. The third-order valence-corrected chi connectivity index (χ3v) is 6.55. The van der Waals surface area contributed by atoms with Crippen LogP contribution in [-0.4, -0.2) is 43.2 Å². The number of nitrogens with two attached hydrogens (primary N) is 1. The first-order chi connectivity index (χ1) is 17.1. The van der Waals surface area contributed by atoms with Crippen LogP contribution in [-0.2, 0) is 4.79 Å². The number of nitrogens with zero attached hydrogens (tertiary/aromatic N) is 5. The smallest absolute Gasteiger partial charge is 0.219 e. The van der Waals surface area contributed by atoms with E-state index in [9.17, 15) is 4.79 Å². The molecule has 0 saturated heterocycles. The second-order valence-corrected chi connectivity index (χ2v) is 8.76. The van der Waals surface area contributed by atoms with E-state index >= 15 is 0 Å². The summed E-state index contributed by atoms with van der Waals surface area (Å²) in [6.07, 6.45) is 6.56. The molecule has 0 spiro atoms. The third kappa shape index (κ3) is 3.81. The van der Waals surface area contributed by atoms with Gasteiger partial charge in [-0.05, 0) is 24.1 Å². The van der Waals surface area contributed by atoms with Crippen molar-refractivity contribution in [2.45, 2.75) is 13.3 Å². The van der Waals surface area contributed by atoms with Crippen LogP contribution in [0.15, 0.2) is 79.1 Å². The number of pyridine rings is 1. The Labute approximate surface area is 202 Å². The summed E-state index contributed by atoms with van der Waals surface area (Å²) >= 11 is 0. The zero-order chi connectivity index (χ0) is 23.9. The second-order valence-electron chi connectivity index (χ2n) is 8.76. The minimum atomic E-state index is 0.0874.